The summed E-state index contributed by atoms with van der Waals surface area (Å²) in [5, 5.41) is 0. The van der Waals surface area contributed by atoms with Crippen molar-refractivity contribution >= 4 is 0 Å². The van der Waals surface area contributed by atoms with Gasteiger partial charge in [0.05, 0.1) is 6.33 Å². The lowest BCUT2D eigenvalue weighted by molar-refractivity contribution is 0.229. The summed E-state index contributed by atoms with van der Waals surface area (Å²) in [6.45, 7) is 11.9. The van der Waals surface area contributed by atoms with Gasteiger partial charge in [-0.15, -0.1) is 0 Å². The van der Waals surface area contributed by atoms with Crippen LogP contribution in [0.1, 0.15) is 55.4 Å². The van der Waals surface area contributed by atoms with Crippen molar-refractivity contribution in [1.82, 2.24) is 19.4 Å². The van der Waals surface area contributed by atoms with Gasteiger partial charge in [-0.1, -0.05) is 29.2 Å². The Labute approximate surface area is 140 Å². The molecule has 2 saturated heterocycles. The lowest BCUT2D eigenvalue weighted by Crippen LogP contribution is -2.32. The van der Waals surface area contributed by atoms with Crippen molar-refractivity contribution < 1.29 is 0 Å². The van der Waals surface area contributed by atoms with Crippen LogP contribution in [-0.2, 0) is 6.54 Å². The first kappa shape index (κ1) is 26.0. The molecule has 0 N–H and O–H groups in total. The van der Waals surface area contributed by atoms with Crippen molar-refractivity contribution in [3.63, 3.8) is 0 Å². The van der Waals surface area contributed by atoms with E-state index < -0.39 is 0 Å². The Morgan fingerprint density at radius 1 is 0.864 bits per heavy atom. The molecule has 0 atom stereocenters. The van der Waals surface area contributed by atoms with E-state index in [0.717, 1.165) is 6.54 Å². The van der Waals surface area contributed by atoms with E-state index in [4.69, 9.17) is 0 Å². The van der Waals surface area contributed by atoms with Crippen LogP contribution in [0.25, 0.3) is 0 Å². The molecule has 0 aromatic carbocycles. The third-order valence-electron chi connectivity index (χ3n) is 3.65. The maximum atomic E-state index is 3.86. The average Bonchev–Trinajstić information content (AvgIpc) is 3.10. The molecule has 3 heterocycles. The van der Waals surface area contributed by atoms with Crippen LogP contribution in [-0.4, -0.2) is 59.1 Å². The van der Waals surface area contributed by atoms with Gasteiger partial charge in [-0.3, -0.25) is 0 Å². The molecule has 3 rings (SSSR count). The fourth-order valence-corrected chi connectivity index (χ4v) is 2.05. The summed E-state index contributed by atoms with van der Waals surface area (Å²) in [7, 11) is 2.14. The summed E-state index contributed by atoms with van der Waals surface area (Å²) in [4.78, 5) is 8.65. The Balaban J connectivity index is -0.000000233. The van der Waals surface area contributed by atoms with Gasteiger partial charge in [-0.05, 0) is 66.0 Å². The molecule has 1 aromatic heterocycles. The van der Waals surface area contributed by atoms with Gasteiger partial charge < -0.3 is 14.4 Å². The van der Waals surface area contributed by atoms with Crippen LogP contribution in [0.2, 0.25) is 0 Å². The highest BCUT2D eigenvalue weighted by Crippen LogP contribution is 2.04. The van der Waals surface area contributed by atoms with Crippen LogP contribution >= 0.6 is 0 Å². The average molecular weight is 315 g/mol. The van der Waals surface area contributed by atoms with Gasteiger partial charge in [-0.25, -0.2) is 4.98 Å². The summed E-state index contributed by atoms with van der Waals surface area (Å²) in [5.41, 5.74) is 0. The molecular formula is C18H42N4. The standard InChI is InChI=1S/C6H13N.C5H8N2.C4H9N.3CH4/c1-2-7-5-3-4-6-7;1-2-7-4-3-6-5-7;1-5-3-2-4-5;;;/h2-6H2,1H3;3-5H,2H2,1H3;2-4H2,1H3;3*1H4. The molecular weight excluding hydrogens is 272 g/mol. The number of nitrogens with zero attached hydrogens (tertiary/aromatic N) is 4. The predicted molar refractivity (Wildman–Crippen MR) is 102 cm³/mol. The zero-order valence-corrected chi connectivity index (χ0v) is 12.9. The minimum absolute atomic E-state index is 0. The normalized spacial score (nSPS) is 16.3. The summed E-state index contributed by atoms with van der Waals surface area (Å²) in [6.07, 6.45) is 9.79. The van der Waals surface area contributed by atoms with Crippen LogP contribution in [0.15, 0.2) is 18.7 Å². The number of aryl methyl sites for hydroxylation is 1. The molecule has 0 aliphatic carbocycles. The molecule has 0 radical (unpaired) electrons. The molecule has 4 nitrogen and oxygen atoms in total. The maximum absolute atomic E-state index is 3.86. The Morgan fingerprint density at radius 3 is 1.59 bits per heavy atom. The van der Waals surface area contributed by atoms with E-state index in [2.05, 4.69) is 35.7 Å². The molecule has 0 amide bonds. The van der Waals surface area contributed by atoms with E-state index in [1.807, 2.05) is 10.8 Å². The summed E-state index contributed by atoms with van der Waals surface area (Å²) in [5.74, 6) is 0. The van der Waals surface area contributed by atoms with Gasteiger partial charge in [-0.2, -0.15) is 0 Å². The SMILES string of the molecule is C.C.C.CCN1CCCC1.CCn1ccnc1.CN1CCC1. The van der Waals surface area contributed by atoms with E-state index in [-0.39, 0.29) is 22.3 Å². The second-order valence-electron chi connectivity index (χ2n) is 5.19. The molecule has 0 bridgehead atoms. The quantitative estimate of drug-likeness (QED) is 0.816. The van der Waals surface area contributed by atoms with E-state index in [1.165, 1.54) is 52.0 Å². The third-order valence-corrected chi connectivity index (χ3v) is 3.65. The maximum Gasteiger partial charge on any atom is 0.0945 e. The van der Waals surface area contributed by atoms with Gasteiger partial charge in [0.1, 0.15) is 0 Å². The number of aromatic nitrogens is 2. The molecule has 22 heavy (non-hydrogen) atoms. The topological polar surface area (TPSA) is 24.3 Å². The zero-order chi connectivity index (χ0) is 13.9. The number of rotatable bonds is 2. The molecule has 0 unspecified atom stereocenters. The van der Waals surface area contributed by atoms with Gasteiger partial charge in [0.2, 0.25) is 0 Å². The Hall–Kier alpha value is -0.870. The fraction of sp³-hybridized carbons (Fsp3) is 0.833. The smallest absolute Gasteiger partial charge is 0.0945 e. The molecule has 2 aliphatic rings. The molecule has 2 aliphatic heterocycles. The van der Waals surface area contributed by atoms with E-state index >= 15 is 0 Å². The lowest BCUT2D eigenvalue weighted by Gasteiger charge is -2.24. The van der Waals surface area contributed by atoms with Crippen LogP contribution < -0.4 is 0 Å². The first-order valence-corrected chi connectivity index (χ1v) is 7.62. The van der Waals surface area contributed by atoms with E-state index in [1.54, 1.807) is 12.5 Å². The van der Waals surface area contributed by atoms with E-state index in [9.17, 15) is 0 Å². The predicted octanol–water partition coefficient (Wildman–Crippen LogP) is 4.24. The Kier molecular flexibility index (Phi) is 19.5. The van der Waals surface area contributed by atoms with Crippen LogP contribution in [0, 0.1) is 0 Å². The largest absolute Gasteiger partial charge is 0.338 e. The number of likely N-dealkylation sites (tertiary alicyclic amines) is 2. The Morgan fingerprint density at radius 2 is 1.41 bits per heavy atom. The molecule has 0 saturated carbocycles. The Bertz CT molecular complexity index is 288. The van der Waals surface area contributed by atoms with Gasteiger partial charge in [0.25, 0.3) is 0 Å². The number of imidazole rings is 1. The highest BCUT2D eigenvalue weighted by molar-refractivity contribution is 4.72. The van der Waals surface area contributed by atoms with Gasteiger partial charge in [0.15, 0.2) is 0 Å². The van der Waals surface area contributed by atoms with Crippen LogP contribution in [0.5, 0.6) is 0 Å². The molecule has 1 aromatic rings. The van der Waals surface area contributed by atoms with Crippen molar-refractivity contribution in [2.45, 2.75) is 61.9 Å². The highest BCUT2D eigenvalue weighted by Gasteiger charge is 2.07. The summed E-state index contributed by atoms with van der Waals surface area (Å²) < 4.78 is 2.01. The van der Waals surface area contributed by atoms with Crippen molar-refractivity contribution in [3.05, 3.63) is 18.7 Å². The van der Waals surface area contributed by atoms with Crippen molar-refractivity contribution in [1.29, 1.82) is 0 Å². The fourth-order valence-electron chi connectivity index (χ4n) is 2.05. The summed E-state index contributed by atoms with van der Waals surface area (Å²) in [6, 6.07) is 0. The molecule has 134 valence electrons. The number of hydrogen-bond donors (Lipinski definition) is 0. The summed E-state index contributed by atoms with van der Waals surface area (Å²) >= 11 is 0. The van der Waals surface area contributed by atoms with Gasteiger partial charge in [0, 0.05) is 18.9 Å². The first-order chi connectivity index (χ1) is 9.26. The second-order valence-corrected chi connectivity index (χ2v) is 5.19. The van der Waals surface area contributed by atoms with Crippen molar-refractivity contribution in [2.75, 3.05) is 39.8 Å². The molecule has 0 spiro atoms. The van der Waals surface area contributed by atoms with Crippen LogP contribution in [0.3, 0.4) is 0 Å². The lowest BCUT2D eigenvalue weighted by atomic mass is 10.3. The van der Waals surface area contributed by atoms with Crippen molar-refractivity contribution in [3.8, 4) is 0 Å². The number of hydrogen-bond acceptors (Lipinski definition) is 3. The second kappa shape index (κ2) is 16.5. The highest BCUT2D eigenvalue weighted by atomic mass is 15.1. The third kappa shape index (κ3) is 11.8. The minimum Gasteiger partial charge on any atom is -0.338 e. The van der Waals surface area contributed by atoms with E-state index in [0.29, 0.717) is 0 Å². The van der Waals surface area contributed by atoms with Crippen LogP contribution in [0.4, 0.5) is 0 Å². The molecule has 2 fully saturated rings. The minimum atomic E-state index is 0. The van der Waals surface area contributed by atoms with Crippen molar-refractivity contribution in [2.24, 2.45) is 0 Å². The monoisotopic (exact) mass is 314 g/mol. The molecule has 4 heteroatoms. The van der Waals surface area contributed by atoms with Gasteiger partial charge >= 0.3 is 0 Å². The first-order valence-electron chi connectivity index (χ1n) is 7.62. The zero-order valence-electron chi connectivity index (χ0n) is 12.9.